The van der Waals surface area contributed by atoms with Crippen molar-refractivity contribution in [2.45, 2.75) is 58.5 Å². The van der Waals surface area contributed by atoms with Gasteiger partial charge in [0.15, 0.2) is 0 Å². The molecule has 0 bridgehead atoms. The Hall–Kier alpha value is -0.800. The average molecular weight is 276 g/mol. The lowest BCUT2D eigenvalue weighted by Gasteiger charge is -2.40. The van der Waals surface area contributed by atoms with Crippen LogP contribution < -0.4 is 0 Å². The van der Waals surface area contributed by atoms with Crippen LogP contribution in [0.5, 0.6) is 0 Å². The highest BCUT2D eigenvalue weighted by Crippen LogP contribution is 2.24. The maximum absolute atomic E-state index is 5.80. The van der Waals surface area contributed by atoms with Gasteiger partial charge in [0.25, 0.3) is 0 Å². The van der Waals surface area contributed by atoms with Crippen LogP contribution in [-0.4, -0.2) is 42.0 Å². The van der Waals surface area contributed by atoms with Crippen molar-refractivity contribution in [3.8, 4) is 0 Å². The van der Waals surface area contributed by atoms with E-state index in [0.717, 1.165) is 24.1 Å². The molecule has 3 nitrogen and oxygen atoms in total. The summed E-state index contributed by atoms with van der Waals surface area (Å²) in [5.41, 5.74) is 1.28. The van der Waals surface area contributed by atoms with E-state index in [4.69, 9.17) is 4.42 Å². The van der Waals surface area contributed by atoms with Crippen LogP contribution in [0.15, 0.2) is 10.5 Å². The first kappa shape index (κ1) is 14.2. The fraction of sp³-hybridized carbons (Fsp3) is 0.765. The third kappa shape index (κ3) is 3.26. The van der Waals surface area contributed by atoms with E-state index in [9.17, 15) is 0 Å². The van der Waals surface area contributed by atoms with Gasteiger partial charge >= 0.3 is 0 Å². The quantitative estimate of drug-likeness (QED) is 0.844. The number of hydrogen-bond acceptors (Lipinski definition) is 3. The van der Waals surface area contributed by atoms with Gasteiger partial charge < -0.3 is 4.42 Å². The van der Waals surface area contributed by atoms with Crippen molar-refractivity contribution in [1.82, 2.24) is 9.80 Å². The Kier molecular flexibility index (Phi) is 4.47. The summed E-state index contributed by atoms with van der Waals surface area (Å²) >= 11 is 0. The molecule has 0 aromatic carbocycles. The molecule has 2 aliphatic rings. The lowest BCUT2D eigenvalue weighted by Crippen LogP contribution is -2.50. The molecule has 1 aromatic rings. The number of piperazine rings is 1. The Balaban J connectivity index is 1.48. The third-order valence-electron chi connectivity index (χ3n) is 5.09. The number of furan rings is 1. The van der Waals surface area contributed by atoms with Crippen molar-refractivity contribution in [3.63, 3.8) is 0 Å². The zero-order valence-electron chi connectivity index (χ0n) is 13.0. The molecule has 20 heavy (non-hydrogen) atoms. The molecule has 0 spiro atoms. The molecule has 1 saturated carbocycles. The molecule has 2 fully saturated rings. The molecule has 0 unspecified atom stereocenters. The minimum Gasteiger partial charge on any atom is -0.465 e. The fourth-order valence-corrected chi connectivity index (χ4v) is 3.68. The van der Waals surface area contributed by atoms with Crippen LogP contribution in [0, 0.1) is 13.8 Å². The first-order valence-electron chi connectivity index (χ1n) is 8.24. The standard InChI is InChI=1S/C17H28N2O/c1-14-12-17(20-15(14)2)13-18-8-10-19(11-9-18)16-6-4-3-5-7-16/h12,16H,3-11,13H2,1-2H3. The zero-order chi connectivity index (χ0) is 13.9. The van der Waals surface area contributed by atoms with Gasteiger partial charge in [-0.15, -0.1) is 0 Å². The highest BCUT2D eigenvalue weighted by Gasteiger charge is 2.25. The molecule has 3 heteroatoms. The molecule has 1 saturated heterocycles. The van der Waals surface area contributed by atoms with Gasteiger partial charge in [-0.2, -0.15) is 0 Å². The van der Waals surface area contributed by atoms with Crippen LogP contribution in [-0.2, 0) is 6.54 Å². The van der Waals surface area contributed by atoms with Crippen LogP contribution >= 0.6 is 0 Å². The molecule has 0 N–H and O–H groups in total. The molecular weight excluding hydrogens is 248 g/mol. The van der Waals surface area contributed by atoms with E-state index >= 15 is 0 Å². The Morgan fingerprint density at radius 2 is 1.75 bits per heavy atom. The summed E-state index contributed by atoms with van der Waals surface area (Å²) in [6.45, 7) is 10.0. The van der Waals surface area contributed by atoms with Crippen molar-refractivity contribution < 1.29 is 4.42 Å². The summed E-state index contributed by atoms with van der Waals surface area (Å²) in [5.74, 6) is 2.20. The monoisotopic (exact) mass is 276 g/mol. The second kappa shape index (κ2) is 6.31. The normalized spacial score (nSPS) is 23.3. The van der Waals surface area contributed by atoms with Gasteiger partial charge in [-0.05, 0) is 38.3 Å². The maximum Gasteiger partial charge on any atom is 0.118 e. The minimum absolute atomic E-state index is 0.874. The van der Waals surface area contributed by atoms with E-state index in [0.29, 0.717) is 0 Å². The molecule has 0 amide bonds. The van der Waals surface area contributed by atoms with Crippen molar-refractivity contribution in [2.24, 2.45) is 0 Å². The lowest BCUT2D eigenvalue weighted by molar-refractivity contribution is 0.0721. The summed E-state index contributed by atoms with van der Waals surface area (Å²) in [6.07, 6.45) is 7.19. The smallest absolute Gasteiger partial charge is 0.118 e. The zero-order valence-corrected chi connectivity index (χ0v) is 13.0. The van der Waals surface area contributed by atoms with E-state index in [2.05, 4.69) is 29.7 Å². The summed E-state index contributed by atoms with van der Waals surface area (Å²) < 4.78 is 5.80. The summed E-state index contributed by atoms with van der Waals surface area (Å²) in [6, 6.07) is 3.07. The highest BCUT2D eigenvalue weighted by molar-refractivity contribution is 5.18. The molecular formula is C17H28N2O. The molecule has 3 rings (SSSR count). The van der Waals surface area contributed by atoms with Crippen LogP contribution in [0.25, 0.3) is 0 Å². The molecule has 1 aliphatic heterocycles. The average Bonchev–Trinajstić information content (AvgIpc) is 2.79. The second-order valence-electron chi connectivity index (χ2n) is 6.56. The van der Waals surface area contributed by atoms with E-state index in [-0.39, 0.29) is 0 Å². The van der Waals surface area contributed by atoms with E-state index in [1.54, 1.807) is 0 Å². The summed E-state index contributed by atoms with van der Waals surface area (Å²) in [4.78, 5) is 5.27. The second-order valence-corrected chi connectivity index (χ2v) is 6.56. The molecule has 2 heterocycles. The largest absolute Gasteiger partial charge is 0.465 e. The Labute approximate surface area is 122 Å². The topological polar surface area (TPSA) is 19.6 Å². The highest BCUT2D eigenvalue weighted by atomic mass is 16.3. The SMILES string of the molecule is Cc1cc(CN2CCN(C3CCCCC3)CC2)oc1C. The minimum atomic E-state index is 0.874. The lowest BCUT2D eigenvalue weighted by atomic mass is 9.94. The van der Waals surface area contributed by atoms with E-state index in [1.165, 1.54) is 63.8 Å². The maximum atomic E-state index is 5.80. The van der Waals surface area contributed by atoms with Crippen LogP contribution in [0.1, 0.15) is 49.2 Å². The third-order valence-corrected chi connectivity index (χ3v) is 5.09. The van der Waals surface area contributed by atoms with Gasteiger partial charge in [0.2, 0.25) is 0 Å². The number of hydrogen-bond donors (Lipinski definition) is 0. The Morgan fingerprint density at radius 3 is 2.35 bits per heavy atom. The molecule has 0 atom stereocenters. The van der Waals surface area contributed by atoms with Gasteiger partial charge in [0.1, 0.15) is 11.5 Å². The number of rotatable bonds is 3. The van der Waals surface area contributed by atoms with E-state index in [1.807, 2.05) is 0 Å². The van der Waals surface area contributed by atoms with Gasteiger partial charge in [-0.1, -0.05) is 19.3 Å². The Morgan fingerprint density at radius 1 is 1.05 bits per heavy atom. The fourth-order valence-electron chi connectivity index (χ4n) is 3.68. The van der Waals surface area contributed by atoms with Crippen molar-refractivity contribution in [2.75, 3.05) is 26.2 Å². The first-order valence-corrected chi connectivity index (χ1v) is 8.24. The summed E-state index contributed by atoms with van der Waals surface area (Å²) in [7, 11) is 0. The molecule has 1 aromatic heterocycles. The molecule has 0 radical (unpaired) electrons. The molecule has 1 aliphatic carbocycles. The van der Waals surface area contributed by atoms with Crippen LogP contribution in [0.4, 0.5) is 0 Å². The first-order chi connectivity index (χ1) is 9.72. The van der Waals surface area contributed by atoms with Gasteiger partial charge in [0, 0.05) is 32.2 Å². The van der Waals surface area contributed by atoms with Crippen molar-refractivity contribution in [1.29, 1.82) is 0 Å². The van der Waals surface area contributed by atoms with Crippen LogP contribution in [0.3, 0.4) is 0 Å². The van der Waals surface area contributed by atoms with Crippen LogP contribution in [0.2, 0.25) is 0 Å². The predicted octanol–water partition coefficient (Wildman–Crippen LogP) is 3.35. The van der Waals surface area contributed by atoms with Crippen molar-refractivity contribution in [3.05, 3.63) is 23.2 Å². The van der Waals surface area contributed by atoms with Crippen molar-refractivity contribution >= 4 is 0 Å². The van der Waals surface area contributed by atoms with Gasteiger partial charge in [-0.25, -0.2) is 0 Å². The summed E-state index contributed by atoms with van der Waals surface area (Å²) in [5, 5.41) is 0. The number of aryl methyl sites for hydroxylation is 2. The van der Waals surface area contributed by atoms with Gasteiger partial charge in [0.05, 0.1) is 6.54 Å². The number of nitrogens with zero attached hydrogens (tertiary/aromatic N) is 2. The predicted molar refractivity (Wildman–Crippen MR) is 81.9 cm³/mol. The van der Waals surface area contributed by atoms with Gasteiger partial charge in [-0.3, -0.25) is 9.80 Å². The Bertz CT molecular complexity index is 407. The molecule has 112 valence electrons. The van der Waals surface area contributed by atoms with E-state index < -0.39 is 0 Å².